The van der Waals surface area contributed by atoms with Gasteiger partial charge in [-0.25, -0.2) is 4.99 Å². The molecule has 0 heterocycles. The van der Waals surface area contributed by atoms with E-state index in [2.05, 4.69) is 35.6 Å². The van der Waals surface area contributed by atoms with Crippen LogP contribution in [0.4, 0.5) is 0 Å². The zero-order chi connectivity index (χ0) is 9.99. The lowest BCUT2D eigenvalue weighted by Crippen LogP contribution is -2.44. The second-order valence-corrected chi connectivity index (χ2v) is 5.89. The number of nitrogens with two attached hydrogens (primary N) is 1. The van der Waals surface area contributed by atoms with E-state index >= 15 is 0 Å². The van der Waals surface area contributed by atoms with Gasteiger partial charge in [0.1, 0.15) is 4.87 Å². The van der Waals surface area contributed by atoms with Crippen LogP contribution in [0.25, 0.3) is 0 Å². The van der Waals surface area contributed by atoms with E-state index < -0.39 is 4.87 Å². The average molecular weight is 207 g/mol. The zero-order valence-corrected chi connectivity index (χ0v) is 9.71. The first kappa shape index (κ1) is 12.0. The van der Waals surface area contributed by atoms with E-state index in [0.29, 0.717) is 5.96 Å². The lowest BCUT2D eigenvalue weighted by molar-refractivity contribution is 0.655. The minimum Gasteiger partial charge on any atom is -0.370 e. The van der Waals surface area contributed by atoms with Gasteiger partial charge in [-0.2, -0.15) is 12.6 Å². The molecule has 0 aromatic rings. The van der Waals surface area contributed by atoms with E-state index in [1.807, 2.05) is 27.7 Å². The summed E-state index contributed by atoms with van der Waals surface area (Å²) in [5.41, 5.74) is 5.59. The lowest BCUT2D eigenvalue weighted by atomic mass is 10.4. The first-order chi connectivity index (χ1) is 5.10. The molecule has 0 atom stereocenters. The molecule has 72 valence electrons. The highest BCUT2D eigenvalue weighted by atomic mass is 32.1. The number of hydrogen-bond acceptors (Lipinski definition) is 3. The molecule has 0 aliphatic carbocycles. The highest BCUT2D eigenvalue weighted by Crippen LogP contribution is 2.13. The summed E-state index contributed by atoms with van der Waals surface area (Å²) in [5.74, 6) is 0.356. The van der Waals surface area contributed by atoms with Crippen LogP contribution in [0.15, 0.2) is 4.99 Å². The van der Waals surface area contributed by atoms with Gasteiger partial charge in [0.25, 0.3) is 0 Å². The van der Waals surface area contributed by atoms with Crippen molar-refractivity contribution in [1.29, 1.82) is 0 Å². The molecule has 0 aliphatic rings. The fraction of sp³-hybridized carbons (Fsp3) is 0.857. The molecular weight excluding hydrogens is 190 g/mol. The predicted octanol–water partition coefficient (Wildman–Crippen LogP) is 1.22. The Labute approximate surface area is 85.0 Å². The van der Waals surface area contributed by atoms with Crippen molar-refractivity contribution in [3.63, 3.8) is 0 Å². The van der Waals surface area contributed by atoms with Crippen LogP contribution in [0.2, 0.25) is 0 Å². The van der Waals surface area contributed by atoms with Crippen LogP contribution < -0.4 is 11.1 Å². The summed E-state index contributed by atoms with van der Waals surface area (Å²) >= 11 is 8.46. The first-order valence-corrected chi connectivity index (χ1v) is 4.58. The van der Waals surface area contributed by atoms with Gasteiger partial charge in [-0.1, -0.05) is 0 Å². The smallest absolute Gasteiger partial charge is 0.191 e. The number of nitrogens with zero attached hydrogens (tertiary/aromatic N) is 1. The largest absolute Gasteiger partial charge is 0.370 e. The van der Waals surface area contributed by atoms with Gasteiger partial charge in [0.15, 0.2) is 5.96 Å². The van der Waals surface area contributed by atoms with E-state index in [4.69, 9.17) is 5.73 Å². The summed E-state index contributed by atoms with van der Waals surface area (Å²) in [7, 11) is 0. The summed E-state index contributed by atoms with van der Waals surface area (Å²) in [6.07, 6.45) is 0. The van der Waals surface area contributed by atoms with Gasteiger partial charge in [-0.3, -0.25) is 0 Å². The van der Waals surface area contributed by atoms with E-state index in [9.17, 15) is 0 Å². The molecule has 0 fully saturated rings. The highest BCUT2D eigenvalue weighted by molar-refractivity contribution is 7.82. The van der Waals surface area contributed by atoms with E-state index in [-0.39, 0.29) is 4.87 Å². The third kappa shape index (κ3) is 8.07. The van der Waals surface area contributed by atoms with Crippen LogP contribution in [0.5, 0.6) is 0 Å². The van der Waals surface area contributed by atoms with Crippen molar-refractivity contribution in [2.75, 3.05) is 0 Å². The maximum absolute atomic E-state index is 5.59. The molecule has 0 rings (SSSR count). The van der Waals surface area contributed by atoms with Gasteiger partial charge in [-0.15, -0.1) is 12.6 Å². The Bertz CT molecular complexity index is 176. The van der Waals surface area contributed by atoms with E-state index in [0.717, 1.165) is 0 Å². The molecule has 0 saturated heterocycles. The molecule has 0 bridgehead atoms. The molecule has 0 aromatic carbocycles. The van der Waals surface area contributed by atoms with Gasteiger partial charge >= 0.3 is 0 Å². The number of aliphatic imine (C=N–C) groups is 1. The number of rotatable bonds is 2. The van der Waals surface area contributed by atoms with Crippen molar-refractivity contribution in [3.8, 4) is 0 Å². The first-order valence-electron chi connectivity index (χ1n) is 3.68. The maximum Gasteiger partial charge on any atom is 0.191 e. The molecule has 0 aromatic heterocycles. The Morgan fingerprint density at radius 3 is 1.92 bits per heavy atom. The summed E-state index contributed by atoms with van der Waals surface area (Å²) in [5, 5.41) is 2.92. The Balaban J connectivity index is 4.23. The molecule has 3 nitrogen and oxygen atoms in total. The number of hydrogen-bond donors (Lipinski definition) is 4. The van der Waals surface area contributed by atoms with Gasteiger partial charge in [0, 0.05) is 0 Å². The molecular formula is C7H17N3S2. The van der Waals surface area contributed by atoms with Gasteiger partial charge < -0.3 is 11.1 Å². The maximum atomic E-state index is 5.59. The van der Waals surface area contributed by atoms with Crippen LogP contribution in [0.1, 0.15) is 27.7 Å². The summed E-state index contributed by atoms with van der Waals surface area (Å²) in [6, 6.07) is 0. The molecule has 5 heteroatoms. The van der Waals surface area contributed by atoms with E-state index in [1.54, 1.807) is 0 Å². The predicted molar refractivity (Wildman–Crippen MR) is 60.9 cm³/mol. The molecule has 0 radical (unpaired) electrons. The van der Waals surface area contributed by atoms with Crippen LogP contribution >= 0.6 is 25.3 Å². The van der Waals surface area contributed by atoms with Crippen LogP contribution in [0.3, 0.4) is 0 Å². The van der Waals surface area contributed by atoms with Gasteiger partial charge in [-0.05, 0) is 27.7 Å². The topological polar surface area (TPSA) is 50.4 Å². The van der Waals surface area contributed by atoms with Crippen molar-refractivity contribution >= 4 is 31.2 Å². The van der Waals surface area contributed by atoms with Crippen molar-refractivity contribution in [2.24, 2.45) is 10.7 Å². The van der Waals surface area contributed by atoms with Crippen LogP contribution in [0, 0.1) is 0 Å². The second-order valence-electron chi connectivity index (χ2n) is 3.68. The minimum atomic E-state index is -0.448. The lowest BCUT2D eigenvalue weighted by Gasteiger charge is -2.22. The molecule has 0 unspecified atom stereocenters. The van der Waals surface area contributed by atoms with Crippen molar-refractivity contribution in [3.05, 3.63) is 0 Å². The summed E-state index contributed by atoms with van der Waals surface area (Å²) in [6.45, 7) is 7.50. The van der Waals surface area contributed by atoms with Crippen molar-refractivity contribution in [2.45, 2.75) is 37.4 Å². The van der Waals surface area contributed by atoms with Gasteiger partial charge in [0.2, 0.25) is 0 Å². The Morgan fingerprint density at radius 2 is 1.67 bits per heavy atom. The average Bonchev–Trinajstić information content (AvgIpc) is 1.49. The standard InChI is InChI=1S/C7H17N3S2/c1-6(2,11)9-5(8)10-7(3,4)12/h11-12H,1-4H3,(H3,8,9,10). The Morgan fingerprint density at radius 1 is 1.25 bits per heavy atom. The monoisotopic (exact) mass is 207 g/mol. The van der Waals surface area contributed by atoms with Crippen molar-refractivity contribution < 1.29 is 0 Å². The Hall–Kier alpha value is -0.0300. The molecule has 12 heavy (non-hydrogen) atoms. The Kier molecular flexibility index (Phi) is 3.78. The summed E-state index contributed by atoms with van der Waals surface area (Å²) < 4.78 is 0. The number of guanidine groups is 1. The van der Waals surface area contributed by atoms with Crippen molar-refractivity contribution in [1.82, 2.24) is 5.32 Å². The molecule has 0 aliphatic heterocycles. The summed E-state index contributed by atoms with van der Waals surface area (Å²) in [4.78, 5) is 3.29. The zero-order valence-electron chi connectivity index (χ0n) is 7.92. The number of nitrogens with one attached hydrogen (secondary N) is 1. The van der Waals surface area contributed by atoms with Crippen LogP contribution in [-0.4, -0.2) is 15.7 Å². The van der Waals surface area contributed by atoms with Crippen LogP contribution in [-0.2, 0) is 0 Å². The van der Waals surface area contributed by atoms with E-state index in [1.165, 1.54) is 0 Å². The normalized spacial score (nSPS) is 14.7. The molecule has 0 saturated carbocycles. The third-order valence-electron chi connectivity index (χ3n) is 0.828. The quantitative estimate of drug-likeness (QED) is 0.238. The fourth-order valence-corrected chi connectivity index (χ4v) is 0.858. The minimum absolute atomic E-state index is 0.355. The highest BCUT2D eigenvalue weighted by Gasteiger charge is 2.14. The SMILES string of the molecule is CC(C)(S)N=C(N)NC(C)(C)S. The van der Waals surface area contributed by atoms with Gasteiger partial charge in [0.05, 0.1) is 4.87 Å². The molecule has 0 spiro atoms. The molecule has 0 amide bonds. The third-order valence-corrected chi connectivity index (χ3v) is 1.04. The fourth-order valence-electron chi connectivity index (χ4n) is 0.636. The number of thiol groups is 2. The molecule has 3 N–H and O–H groups in total. The second kappa shape index (κ2) is 3.79.